The lowest BCUT2D eigenvalue weighted by Crippen LogP contribution is -1.95. The van der Waals surface area contributed by atoms with Crippen LogP contribution in [0.3, 0.4) is 0 Å². The van der Waals surface area contributed by atoms with Crippen molar-refractivity contribution < 1.29 is 4.74 Å². The Morgan fingerprint density at radius 2 is 1.86 bits per heavy atom. The highest BCUT2D eigenvalue weighted by atomic mass is 16.5. The van der Waals surface area contributed by atoms with Crippen LogP contribution >= 0.6 is 0 Å². The van der Waals surface area contributed by atoms with Crippen molar-refractivity contribution in [2.24, 2.45) is 0 Å². The Morgan fingerprint density at radius 1 is 1.05 bits per heavy atom. The number of benzene rings is 1. The molecule has 0 bridgehead atoms. The molecule has 4 heteroatoms. The molecular formula is C17H17N3O. The predicted molar refractivity (Wildman–Crippen MR) is 83.3 cm³/mol. The molecule has 4 nitrogen and oxygen atoms in total. The average Bonchev–Trinajstić information content (AvgIpc) is 2.55. The third-order valence-corrected chi connectivity index (χ3v) is 3.44. The van der Waals surface area contributed by atoms with Crippen molar-refractivity contribution in [2.45, 2.75) is 19.8 Å². The minimum absolute atomic E-state index is 0.718. The molecule has 2 heterocycles. The van der Waals surface area contributed by atoms with Crippen molar-refractivity contribution in [3.05, 3.63) is 48.4 Å². The highest BCUT2D eigenvalue weighted by Crippen LogP contribution is 2.31. The molecule has 0 fully saturated rings. The number of rotatable bonds is 4. The van der Waals surface area contributed by atoms with Crippen LogP contribution in [0.15, 0.2) is 42.9 Å². The van der Waals surface area contributed by atoms with E-state index < -0.39 is 0 Å². The number of pyridine rings is 1. The summed E-state index contributed by atoms with van der Waals surface area (Å²) in [7, 11) is 1.65. The smallest absolute Gasteiger partial charge is 0.159 e. The van der Waals surface area contributed by atoms with Gasteiger partial charge in [0.15, 0.2) is 5.82 Å². The summed E-state index contributed by atoms with van der Waals surface area (Å²) in [6.07, 6.45) is 7.67. The van der Waals surface area contributed by atoms with Gasteiger partial charge in [0.1, 0.15) is 11.3 Å². The van der Waals surface area contributed by atoms with E-state index in [1.807, 2.05) is 36.7 Å². The fraction of sp³-hybridized carbons (Fsp3) is 0.235. The van der Waals surface area contributed by atoms with Gasteiger partial charge in [-0.15, -0.1) is 0 Å². The molecule has 0 aliphatic heterocycles. The zero-order valence-corrected chi connectivity index (χ0v) is 12.2. The van der Waals surface area contributed by atoms with E-state index in [0.29, 0.717) is 0 Å². The van der Waals surface area contributed by atoms with E-state index in [1.54, 1.807) is 13.3 Å². The first-order valence-electron chi connectivity index (χ1n) is 7.06. The molecule has 0 saturated heterocycles. The van der Waals surface area contributed by atoms with Crippen molar-refractivity contribution in [1.29, 1.82) is 0 Å². The number of methoxy groups -OCH3 is 1. The van der Waals surface area contributed by atoms with Gasteiger partial charge in [0.05, 0.1) is 7.11 Å². The van der Waals surface area contributed by atoms with Gasteiger partial charge in [0.25, 0.3) is 0 Å². The lowest BCUT2D eigenvalue weighted by molar-refractivity contribution is 0.419. The summed E-state index contributed by atoms with van der Waals surface area (Å²) in [4.78, 5) is 13.4. The van der Waals surface area contributed by atoms with E-state index in [0.717, 1.165) is 46.4 Å². The van der Waals surface area contributed by atoms with E-state index >= 15 is 0 Å². The van der Waals surface area contributed by atoms with E-state index in [4.69, 9.17) is 4.74 Å². The molecule has 0 atom stereocenters. The number of hydrogen-bond donors (Lipinski definition) is 0. The Labute approximate surface area is 123 Å². The van der Waals surface area contributed by atoms with Crippen molar-refractivity contribution in [3.8, 4) is 17.1 Å². The molecular weight excluding hydrogens is 262 g/mol. The topological polar surface area (TPSA) is 47.9 Å². The van der Waals surface area contributed by atoms with Gasteiger partial charge in [-0.3, -0.25) is 4.98 Å². The number of aryl methyl sites for hydroxylation is 1. The van der Waals surface area contributed by atoms with Gasteiger partial charge in [-0.1, -0.05) is 19.4 Å². The highest BCUT2D eigenvalue weighted by molar-refractivity contribution is 5.96. The predicted octanol–water partition coefficient (Wildman–Crippen LogP) is 3.65. The van der Waals surface area contributed by atoms with Crippen molar-refractivity contribution in [1.82, 2.24) is 15.0 Å². The Balaban J connectivity index is 2.12. The average molecular weight is 279 g/mol. The quantitative estimate of drug-likeness (QED) is 0.731. The molecule has 1 aromatic carbocycles. The van der Waals surface area contributed by atoms with Gasteiger partial charge in [-0.2, -0.15) is 0 Å². The molecule has 3 aromatic rings. The van der Waals surface area contributed by atoms with Crippen LogP contribution in [0.5, 0.6) is 5.75 Å². The molecule has 0 radical (unpaired) electrons. The van der Waals surface area contributed by atoms with Crippen LogP contribution in [0.2, 0.25) is 0 Å². The van der Waals surface area contributed by atoms with Gasteiger partial charge in [-0.25, -0.2) is 9.97 Å². The molecule has 0 aliphatic rings. The number of hydrogen-bond acceptors (Lipinski definition) is 4. The molecule has 21 heavy (non-hydrogen) atoms. The second kappa shape index (κ2) is 5.87. The van der Waals surface area contributed by atoms with Crippen LogP contribution < -0.4 is 4.74 Å². The Bertz CT molecular complexity index is 754. The summed E-state index contributed by atoms with van der Waals surface area (Å²) in [5, 5.41) is 1.00. The first-order chi connectivity index (χ1) is 10.3. The zero-order valence-electron chi connectivity index (χ0n) is 12.2. The zero-order chi connectivity index (χ0) is 14.7. The maximum absolute atomic E-state index is 5.37. The fourth-order valence-corrected chi connectivity index (χ4v) is 2.42. The maximum atomic E-state index is 5.37. The minimum Gasteiger partial charge on any atom is -0.494 e. The van der Waals surface area contributed by atoms with Crippen LogP contribution in [-0.2, 0) is 6.42 Å². The van der Waals surface area contributed by atoms with E-state index in [2.05, 4.69) is 21.9 Å². The summed E-state index contributed by atoms with van der Waals surface area (Å²) < 4.78 is 5.37. The first kappa shape index (κ1) is 13.5. The molecule has 3 rings (SSSR count). The molecule has 0 amide bonds. The Morgan fingerprint density at radius 3 is 2.57 bits per heavy atom. The molecule has 0 saturated carbocycles. The lowest BCUT2D eigenvalue weighted by atomic mass is 10.1. The van der Waals surface area contributed by atoms with Crippen LogP contribution in [0, 0.1) is 0 Å². The normalized spacial score (nSPS) is 10.8. The molecule has 0 N–H and O–H groups in total. The van der Waals surface area contributed by atoms with Gasteiger partial charge in [-0.05, 0) is 30.2 Å². The second-order valence-electron chi connectivity index (χ2n) is 4.88. The Kier molecular flexibility index (Phi) is 3.77. The Hall–Kier alpha value is -2.49. The number of aromatic nitrogens is 3. The SMILES string of the molecule is CCCc1cnc(-c2ccc(OC)c3ncccc23)nc1. The van der Waals surface area contributed by atoms with Gasteiger partial charge < -0.3 is 4.74 Å². The molecule has 106 valence electrons. The summed E-state index contributed by atoms with van der Waals surface area (Å²) in [5.41, 5.74) is 2.97. The summed E-state index contributed by atoms with van der Waals surface area (Å²) in [5.74, 6) is 1.48. The van der Waals surface area contributed by atoms with E-state index in [-0.39, 0.29) is 0 Å². The van der Waals surface area contributed by atoms with Gasteiger partial charge in [0, 0.05) is 29.5 Å². The maximum Gasteiger partial charge on any atom is 0.159 e. The van der Waals surface area contributed by atoms with Crippen molar-refractivity contribution in [2.75, 3.05) is 7.11 Å². The van der Waals surface area contributed by atoms with Gasteiger partial charge in [0.2, 0.25) is 0 Å². The van der Waals surface area contributed by atoms with Crippen molar-refractivity contribution in [3.63, 3.8) is 0 Å². The van der Waals surface area contributed by atoms with Gasteiger partial charge >= 0.3 is 0 Å². The van der Waals surface area contributed by atoms with E-state index in [9.17, 15) is 0 Å². The summed E-state index contributed by atoms with van der Waals surface area (Å²) in [6.45, 7) is 2.15. The number of fused-ring (bicyclic) bond motifs is 1. The largest absolute Gasteiger partial charge is 0.494 e. The summed E-state index contributed by atoms with van der Waals surface area (Å²) in [6, 6.07) is 7.83. The molecule has 0 aliphatic carbocycles. The van der Waals surface area contributed by atoms with Crippen molar-refractivity contribution >= 4 is 10.9 Å². The van der Waals surface area contributed by atoms with Crippen LogP contribution in [0.4, 0.5) is 0 Å². The lowest BCUT2D eigenvalue weighted by Gasteiger charge is -2.09. The third-order valence-electron chi connectivity index (χ3n) is 3.44. The number of ether oxygens (including phenoxy) is 1. The standard InChI is InChI=1S/C17H17N3O/c1-3-5-12-10-19-17(20-11-12)14-7-8-15(21-2)16-13(14)6-4-9-18-16/h4,6-11H,3,5H2,1-2H3. The second-order valence-corrected chi connectivity index (χ2v) is 4.88. The van der Waals surface area contributed by atoms with E-state index in [1.165, 1.54) is 0 Å². The monoisotopic (exact) mass is 279 g/mol. The third kappa shape index (κ3) is 2.57. The van der Waals surface area contributed by atoms with Crippen LogP contribution in [0.25, 0.3) is 22.3 Å². The van der Waals surface area contributed by atoms with Crippen LogP contribution in [0.1, 0.15) is 18.9 Å². The highest BCUT2D eigenvalue weighted by Gasteiger charge is 2.10. The fourth-order valence-electron chi connectivity index (χ4n) is 2.42. The number of nitrogens with zero attached hydrogens (tertiary/aromatic N) is 3. The summed E-state index contributed by atoms with van der Waals surface area (Å²) >= 11 is 0. The molecule has 0 spiro atoms. The first-order valence-corrected chi connectivity index (χ1v) is 7.06. The molecule has 2 aromatic heterocycles. The minimum atomic E-state index is 0.718. The van der Waals surface area contributed by atoms with Crippen LogP contribution in [-0.4, -0.2) is 22.1 Å². The molecule has 0 unspecified atom stereocenters.